The molecule has 0 aliphatic carbocycles. The quantitative estimate of drug-likeness (QED) is 0.546. The maximum absolute atomic E-state index is 13.2. The SMILES string of the molecule is CC(=O)OCCc1ccc(Nc2cc(Cl)c(C(F)(F)F)cc2NC(=O)C(C)O)cc1. The van der Waals surface area contributed by atoms with Crippen molar-refractivity contribution in [2.45, 2.75) is 32.5 Å². The molecule has 0 aliphatic rings. The number of nitrogens with one attached hydrogen (secondary N) is 2. The third kappa shape index (κ3) is 6.64. The molecule has 0 spiro atoms. The molecule has 2 aromatic carbocycles. The van der Waals surface area contributed by atoms with E-state index in [9.17, 15) is 27.9 Å². The van der Waals surface area contributed by atoms with E-state index in [4.69, 9.17) is 16.3 Å². The number of aliphatic hydroxyl groups excluding tert-OH is 1. The van der Waals surface area contributed by atoms with Gasteiger partial charge >= 0.3 is 12.1 Å². The lowest BCUT2D eigenvalue weighted by molar-refractivity contribution is -0.141. The maximum Gasteiger partial charge on any atom is 0.417 e. The van der Waals surface area contributed by atoms with Crippen molar-refractivity contribution in [2.75, 3.05) is 17.2 Å². The predicted octanol–water partition coefficient (Wildman–Crippen LogP) is 4.53. The number of esters is 1. The van der Waals surface area contributed by atoms with E-state index < -0.39 is 28.8 Å². The van der Waals surface area contributed by atoms with Crippen molar-refractivity contribution in [3.05, 3.63) is 52.5 Å². The zero-order chi connectivity index (χ0) is 22.5. The van der Waals surface area contributed by atoms with Crippen LogP contribution in [0.2, 0.25) is 5.02 Å². The fourth-order valence-corrected chi connectivity index (χ4v) is 2.73. The first-order valence-electron chi connectivity index (χ1n) is 8.86. The molecular weight excluding hydrogens is 425 g/mol. The maximum atomic E-state index is 13.2. The molecule has 10 heteroatoms. The van der Waals surface area contributed by atoms with Crippen molar-refractivity contribution in [3.63, 3.8) is 0 Å². The molecule has 0 radical (unpaired) electrons. The van der Waals surface area contributed by atoms with E-state index in [1.807, 2.05) is 0 Å². The summed E-state index contributed by atoms with van der Waals surface area (Å²) in [5.41, 5.74) is 0.229. The fourth-order valence-electron chi connectivity index (χ4n) is 2.46. The van der Waals surface area contributed by atoms with Crippen molar-refractivity contribution < 1.29 is 32.6 Å². The standard InChI is InChI=1S/C20H20ClF3N2O4/c1-11(27)19(29)26-17-9-15(20(22,23)24)16(21)10-18(17)25-14-5-3-13(4-6-14)7-8-30-12(2)28/h3-6,9-11,25,27H,7-8H2,1-2H3,(H,26,29). The number of ether oxygens (including phenoxy) is 1. The molecule has 0 fully saturated rings. The van der Waals surface area contributed by atoms with E-state index in [0.29, 0.717) is 18.2 Å². The summed E-state index contributed by atoms with van der Waals surface area (Å²) in [7, 11) is 0. The summed E-state index contributed by atoms with van der Waals surface area (Å²) >= 11 is 5.80. The normalized spacial score (nSPS) is 12.2. The van der Waals surface area contributed by atoms with Gasteiger partial charge in [0.15, 0.2) is 0 Å². The molecule has 2 rings (SSSR count). The fraction of sp³-hybridized carbons (Fsp3) is 0.300. The second kappa shape index (κ2) is 9.82. The van der Waals surface area contributed by atoms with E-state index >= 15 is 0 Å². The number of carbonyl (C=O) groups excluding carboxylic acids is 2. The Morgan fingerprint density at radius 1 is 1.17 bits per heavy atom. The molecule has 2 aromatic rings. The topological polar surface area (TPSA) is 87.7 Å². The van der Waals surface area contributed by atoms with E-state index in [1.54, 1.807) is 24.3 Å². The van der Waals surface area contributed by atoms with Gasteiger partial charge in [-0.25, -0.2) is 0 Å². The Hall–Kier alpha value is -2.78. The van der Waals surface area contributed by atoms with Gasteiger partial charge in [0.25, 0.3) is 5.91 Å². The first-order chi connectivity index (χ1) is 14.0. The molecule has 162 valence electrons. The van der Waals surface area contributed by atoms with Crippen molar-refractivity contribution in [3.8, 4) is 0 Å². The number of hydrogen-bond donors (Lipinski definition) is 3. The number of rotatable bonds is 7. The molecule has 0 saturated carbocycles. The minimum atomic E-state index is -4.72. The van der Waals surface area contributed by atoms with Gasteiger partial charge in [-0.3, -0.25) is 9.59 Å². The van der Waals surface area contributed by atoms with Crippen molar-refractivity contribution >= 4 is 40.5 Å². The van der Waals surface area contributed by atoms with Crippen molar-refractivity contribution in [1.82, 2.24) is 0 Å². The lowest BCUT2D eigenvalue weighted by Crippen LogP contribution is -2.25. The number of carbonyl (C=O) groups is 2. The minimum absolute atomic E-state index is 0.120. The molecule has 0 aromatic heterocycles. The van der Waals surface area contributed by atoms with Crippen LogP contribution in [0.4, 0.5) is 30.2 Å². The van der Waals surface area contributed by atoms with Crippen LogP contribution < -0.4 is 10.6 Å². The van der Waals surface area contributed by atoms with E-state index in [2.05, 4.69) is 10.6 Å². The number of aliphatic hydroxyl groups is 1. The van der Waals surface area contributed by atoms with Crippen LogP contribution in [0.3, 0.4) is 0 Å². The number of benzene rings is 2. The molecule has 30 heavy (non-hydrogen) atoms. The van der Waals surface area contributed by atoms with Crippen LogP contribution in [0.1, 0.15) is 25.0 Å². The van der Waals surface area contributed by atoms with Crippen molar-refractivity contribution in [1.29, 1.82) is 0 Å². The molecule has 3 N–H and O–H groups in total. The lowest BCUT2D eigenvalue weighted by atomic mass is 10.1. The molecule has 6 nitrogen and oxygen atoms in total. The van der Waals surface area contributed by atoms with Crippen LogP contribution in [0, 0.1) is 0 Å². The summed E-state index contributed by atoms with van der Waals surface area (Å²) in [6.45, 7) is 2.74. The second-order valence-electron chi connectivity index (χ2n) is 6.45. The monoisotopic (exact) mass is 444 g/mol. The van der Waals surface area contributed by atoms with Gasteiger partial charge in [-0.05, 0) is 36.8 Å². The molecule has 1 unspecified atom stereocenters. The van der Waals surface area contributed by atoms with Gasteiger partial charge in [0.1, 0.15) is 6.10 Å². The first-order valence-corrected chi connectivity index (χ1v) is 9.24. The predicted molar refractivity (Wildman–Crippen MR) is 107 cm³/mol. The highest BCUT2D eigenvalue weighted by molar-refractivity contribution is 6.32. The van der Waals surface area contributed by atoms with Gasteiger partial charge in [0.05, 0.1) is 28.6 Å². The molecule has 1 amide bonds. The van der Waals surface area contributed by atoms with E-state index in [0.717, 1.165) is 11.6 Å². The average Bonchev–Trinajstić information content (AvgIpc) is 2.63. The second-order valence-corrected chi connectivity index (χ2v) is 6.86. The molecule has 0 bridgehead atoms. The highest BCUT2D eigenvalue weighted by Gasteiger charge is 2.34. The summed E-state index contributed by atoms with van der Waals surface area (Å²) in [5, 5.41) is 14.0. The van der Waals surface area contributed by atoms with E-state index in [1.165, 1.54) is 13.8 Å². The lowest BCUT2D eigenvalue weighted by Gasteiger charge is -2.18. The van der Waals surface area contributed by atoms with Crippen LogP contribution in [0.25, 0.3) is 0 Å². The van der Waals surface area contributed by atoms with Crippen LogP contribution in [0.5, 0.6) is 0 Å². The van der Waals surface area contributed by atoms with Gasteiger partial charge in [-0.1, -0.05) is 23.7 Å². The summed E-state index contributed by atoms with van der Waals surface area (Å²) < 4.78 is 44.4. The Morgan fingerprint density at radius 2 is 1.80 bits per heavy atom. The van der Waals surface area contributed by atoms with Crippen LogP contribution in [-0.4, -0.2) is 29.7 Å². The summed E-state index contributed by atoms with van der Waals surface area (Å²) in [6.07, 6.45) is -5.63. The third-order valence-electron chi connectivity index (χ3n) is 3.98. The Kier molecular flexibility index (Phi) is 7.69. The number of alkyl halides is 3. The van der Waals surface area contributed by atoms with Crippen molar-refractivity contribution in [2.24, 2.45) is 0 Å². The first kappa shape index (κ1) is 23.5. The Morgan fingerprint density at radius 3 is 2.33 bits per heavy atom. The zero-order valence-electron chi connectivity index (χ0n) is 16.1. The average molecular weight is 445 g/mol. The Bertz CT molecular complexity index is 916. The molecule has 0 saturated heterocycles. The Labute approximate surface area is 176 Å². The molecule has 1 atom stereocenters. The van der Waals surface area contributed by atoms with Gasteiger partial charge < -0.3 is 20.5 Å². The molecule has 0 heterocycles. The minimum Gasteiger partial charge on any atom is -0.466 e. The highest BCUT2D eigenvalue weighted by atomic mass is 35.5. The summed E-state index contributed by atoms with van der Waals surface area (Å²) in [6, 6.07) is 8.62. The van der Waals surface area contributed by atoms with Gasteiger partial charge in [-0.15, -0.1) is 0 Å². The number of anilines is 3. The zero-order valence-corrected chi connectivity index (χ0v) is 16.9. The molecule has 0 aliphatic heterocycles. The van der Waals surface area contributed by atoms with Crippen LogP contribution >= 0.6 is 11.6 Å². The van der Waals surface area contributed by atoms with E-state index in [-0.39, 0.29) is 24.0 Å². The number of hydrogen-bond acceptors (Lipinski definition) is 5. The molecular formula is C20H20ClF3N2O4. The summed E-state index contributed by atoms with van der Waals surface area (Å²) in [5.74, 6) is -1.24. The smallest absolute Gasteiger partial charge is 0.417 e. The third-order valence-corrected chi connectivity index (χ3v) is 4.29. The van der Waals surface area contributed by atoms with Gasteiger partial charge in [0, 0.05) is 19.0 Å². The largest absolute Gasteiger partial charge is 0.466 e. The van der Waals surface area contributed by atoms with Gasteiger partial charge in [0.2, 0.25) is 0 Å². The van der Waals surface area contributed by atoms with Gasteiger partial charge in [-0.2, -0.15) is 13.2 Å². The number of halogens is 4. The van der Waals surface area contributed by atoms with Crippen LogP contribution in [0.15, 0.2) is 36.4 Å². The van der Waals surface area contributed by atoms with Crippen LogP contribution in [-0.2, 0) is 26.9 Å². The number of amides is 1. The Balaban J connectivity index is 2.27. The highest BCUT2D eigenvalue weighted by Crippen LogP contribution is 2.40. The summed E-state index contributed by atoms with van der Waals surface area (Å²) in [4.78, 5) is 22.6.